The highest BCUT2D eigenvalue weighted by Gasteiger charge is 2.12. The van der Waals surface area contributed by atoms with Gasteiger partial charge in [-0.1, -0.05) is 29.8 Å². The maximum absolute atomic E-state index is 13.1. The van der Waals surface area contributed by atoms with E-state index in [0.29, 0.717) is 11.3 Å². The van der Waals surface area contributed by atoms with E-state index in [1.807, 2.05) is 0 Å². The van der Waals surface area contributed by atoms with Crippen molar-refractivity contribution < 1.29 is 13.9 Å². The summed E-state index contributed by atoms with van der Waals surface area (Å²) in [6, 6.07) is 6.88. The Morgan fingerprint density at radius 2 is 2.11 bits per heavy atom. The van der Waals surface area contributed by atoms with E-state index >= 15 is 0 Å². The molecular formula is C12H8ClFN2O2. The lowest BCUT2D eigenvalue weighted by Gasteiger charge is -2.09. The largest absolute Gasteiger partial charge is 0.437 e. The normalized spacial score (nSPS) is 10.1. The Labute approximate surface area is 107 Å². The number of benzene rings is 1. The van der Waals surface area contributed by atoms with E-state index in [1.54, 1.807) is 24.3 Å². The van der Waals surface area contributed by atoms with Crippen molar-refractivity contribution in [3.05, 3.63) is 47.1 Å². The van der Waals surface area contributed by atoms with Crippen molar-refractivity contribution in [1.82, 2.24) is 9.97 Å². The molecule has 0 unspecified atom stereocenters. The van der Waals surface area contributed by atoms with Crippen molar-refractivity contribution in [2.45, 2.75) is 6.42 Å². The zero-order chi connectivity index (χ0) is 13.0. The Kier molecular flexibility index (Phi) is 3.84. The number of ether oxygens (including phenoxy) is 1. The summed E-state index contributed by atoms with van der Waals surface area (Å²) < 4.78 is 18.5. The number of halogens is 2. The number of carbonyl (C=O) groups excluding carboxylic acids is 1. The Hall–Kier alpha value is -2.01. The van der Waals surface area contributed by atoms with E-state index in [0.717, 1.165) is 12.6 Å². The van der Waals surface area contributed by atoms with Gasteiger partial charge in [0.1, 0.15) is 18.4 Å². The average molecular weight is 267 g/mol. The molecule has 0 N–H and O–H groups in total. The van der Waals surface area contributed by atoms with Gasteiger partial charge in [-0.15, -0.1) is 0 Å². The number of aromatic nitrogens is 2. The number of aldehydes is 1. The van der Waals surface area contributed by atoms with E-state index in [9.17, 15) is 9.18 Å². The monoisotopic (exact) mass is 266 g/mol. The van der Waals surface area contributed by atoms with Gasteiger partial charge in [0, 0.05) is 12.0 Å². The Balaban J connectivity index is 2.34. The summed E-state index contributed by atoms with van der Waals surface area (Å²) in [6.07, 6.45) is 1.96. The molecule has 18 heavy (non-hydrogen) atoms. The minimum atomic E-state index is -0.852. The summed E-state index contributed by atoms with van der Waals surface area (Å²) in [5.74, 6) is -0.526. The summed E-state index contributed by atoms with van der Waals surface area (Å²) in [6.45, 7) is 0. The fourth-order valence-electron chi connectivity index (χ4n) is 1.37. The van der Waals surface area contributed by atoms with Crippen LogP contribution >= 0.6 is 11.6 Å². The van der Waals surface area contributed by atoms with Crippen LogP contribution in [0, 0.1) is 5.95 Å². The van der Waals surface area contributed by atoms with Gasteiger partial charge in [-0.2, -0.15) is 9.37 Å². The number of para-hydroxylation sites is 1. The molecule has 2 aromatic rings. The molecule has 0 aliphatic heterocycles. The molecule has 0 spiro atoms. The van der Waals surface area contributed by atoms with Crippen LogP contribution in [0.25, 0.3) is 0 Å². The van der Waals surface area contributed by atoms with Crippen molar-refractivity contribution in [2.24, 2.45) is 0 Å². The molecule has 0 saturated carbocycles. The maximum atomic E-state index is 13.1. The van der Waals surface area contributed by atoms with Crippen molar-refractivity contribution in [3.63, 3.8) is 0 Å². The first kappa shape index (κ1) is 12.4. The van der Waals surface area contributed by atoms with Crippen LogP contribution in [0.15, 0.2) is 30.6 Å². The van der Waals surface area contributed by atoms with Gasteiger partial charge in [0.05, 0.1) is 0 Å². The summed E-state index contributed by atoms with van der Waals surface area (Å²) in [7, 11) is 0. The predicted molar refractivity (Wildman–Crippen MR) is 63.3 cm³/mol. The molecule has 4 nitrogen and oxygen atoms in total. The molecule has 1 aromatic carbocycles. The molecular weight excluding hydrogens is 259 g/mol. The van der Waals surface area contributed by atoms with Crippen LogP contribution in [-0.4, -0.2) is 16.3 Å². The third-order valence-corrected chi connectivity index (χ3v) is 2.52. The van der Waals surface area contributed by atoms with E-state index < -0.39 is 5.95 Å². The topological polar surface area (TPSA) is 52.1 Å². The lowest BCUT2D eigenvalue weighted by molar-refractivity contribution is -0.107. The zero-order valence-electron chi connectivity index (χ0n) is 9.14. The fourth-order valence-corrected chi connectivity index (χ4v) is 1.51. The molecule has 0 bridgehead atoms. The Morgan fingerprint density at radius 3 is 2.89 bits per heavy atom. The van der Waals surface area contributed by atoms with Crippen molar-refractivity contribution in [2.75, 3.05) is 0 Å². The first-order chi connectivity index (χ1) is 8.72. The molecule has 0 atom stereocenters. The predicted octanol–water partition coefficient (Wildman–Crippen LogP) is 2.80. The van der Waals surface area contributed by atoms with Gasteiger partial charge in [-0.3, -0.25) is 0 Å². The Bertz CT molecular complexity index is 578. The number of hydrogen-bond acceptors (Lipinski definition) is 4. The number of nitrogens with zero attached hydrogens (tertiary/aromatic N) is 2. The molecule has 0 radical (unpaired) electrons. The molecule has 0 aliphatic rings. The smallest absolute Gasteiger partial charge is 0.244 e. The molecule has 6 heteroatoms. The van der Waals surface area contributed by atoms with Crippen LogP contribution in [0.4, 0.5) is 4.39 Å². The Morgan fingerprint density at radius 1 is 1.33 bits per heavy atom. The van der Waals surface area contributed by atoms with Crippen molar-refractivity contribution >= 4 is 17.9 Å². The quantitative estimate of drug-likeness (QED) is 0.631. The highest BCUT2D eigenvalue weighted by Crippen LogP contribution is 2.29. The zero-order valence-corrected chi connectivity index (χ0v) is 9.89. The third kappa shape index (κ3) is 2.62. The lowest BCUT2D eigenvalue weighted by atomic mass is 10.1. The summed E-state index contributed by atoms with van der Waals surface area (Å²) in [5, 5.41) is -0.293. The lowest BCUT2D eigenvalue weighted by Crippen LogP contribution is -1.97. The van der Waals surface area contributed by atoms with E-state index in [4.69, 9.17) is 16.3 Å². The molecule has 0 saturated heterocycles. The van der Waals surface area contributed by atoms with Gasteiger partial charge in [-0.05, 0) is 6.07 Å². The molecule has 0 aliphatic carbocycles. The minimum absolute atomic E-state index is 0.0810. The van der Waals surface area contributed by atoms with Gasteiger partial charge < -0.3 is 9.53 Å². The third-order valence-electron chi connectivity index (χ3n) is 2.20. The summed E-state index contributed by atoms with van der Waals surface area (Å²) in [4.78, 5) is 17.6. The summed E-state index contributed by atoms with van der Waals surface area (Å²) >= 11 is 5.68. The number of hydrogen-bond donors (Lipinski definition) is 0. The second-order valence-corrected chi connectivity index (χ2v) is 3.74. The molecule has 2 rings (SSSR count). The molecule has 0 amide bonds. The first-order valence-electron chi connectivity index (χ1n) is 5.07. The van der Waals surface area contributed by atoms with Gasteiger partial charge >= 0.3 is 0 Å². The highest BCUT2D eigenvalue weighted by molar-refractivity contribution is 6.31. The number of rotatable bonds is 4. The molecule has 1 heterocycles. The van der Waals surface area contributed by atoms with E-state index in [-0.39, 0.29) is 17.3 Å². The second-order valence-electron chi connectivity index (χ2n) is 3.36. The van der Waals surface area contributed by atoms with E-state index in [1.165, 1.54) is 0 Å². The van der Waals surface area contributed by atoms with Crippen LogP contribution in [0.5, 0.6) is 11.6 Å². The molecule has 92 valence electrons. The van der Waals surface area contributed by atoms with Crippen LogP contribution < -0.4 is 4.74 Å². The van der Waals surface area contributed by atoms with Crippen LogP contribution in [0.2, 0.25) is 5.02 Å². The van der Waals surface area contributed by atoms with Crippen LogP contribution in [0.3, 0.4) is 0 Å². The molecule has 0 fully saturated rings. The average Bonchev–Trinajstić information content (AvgIpc) is 2.37. The van der Waals surface area contributed by atoms with Crippen molar-refractivity contribution in [3.8, 4) is 11.6 Å². The highest BCUT2D eigenvalue weighted by atomic mass is 35.5. The van der Waals surface area contributed by atoms with Crippen LogP contribution in [0.1, 0.15) is 5.56 Å². The van der Waals surface area contributed by atoms with Gasteiger partial charge in [-0.25, -0.2) is 4.98 Å². The van der Waals surface area contributed by atoms with Gasteiger partial charge in [0.15, 0.2) is 5.02 Å². The molecule has 1 aromatic heterocycles. The second kappa shape index (κ2) is 5.55. The van der Waals surface area contributed by atoms with Crippen molar-refractivity contribution in [1.29, 1.82) is 0 Å². The van der Waals surface area contributed by atoms with E-state index in [2.05, 4.69) is 9.97 Å². The summed E-state index contributed by atoms with van der Waals surface area (Å²) in [5.41, 5.74) is 0.669. The minimum Gasteiger partial charge on any atom is -0.437 e. The maximum Gasteiger partial charge on any atom is 0.244 e. The standard InChI is InChI=1S/C12H8ClFN2O2/c13-10-11(14)15-7-16-12(10)18-9-4-2-1-3-8(9)5-6-17/h1-4,6-7H,5H2. The number of carbonyl (C=O) groups is 1. The van der Waals surface area contributed by atoms with Crippen LogP contribution in [-0.2, 0) is 11.2 Å². The van der Waals surface area contributed by atoms with Gasteiger partial charge in [0.2, 0.25) is 11.8 Å². The SMILES string of the molecule is O=CCc1ccccc1Oc1ncnc(F)c1Cl. The van der Waals surface area contributed by atoms with Gasteiger partial charge in [0.25, 0.3) is 0 Å². The fraction of sp³-hybridized carbons (Fsp3) is 0.0833. The first-order valence-corrected chi connectivity index (χ1v) is 5.45.